The van der Waals surface area contributed by atoms with Gasteiger partial charge >= 0.3 is 0 Å². The average Bonchev–Trinajstić information content (AvgIpc) is 3.00. The normalized spacial score (nSPS) is 18.6. The van der Waals surface area contributed by atoms with Crippen LogP contribution in [0.15, 0.2) is 54.4 Å². The topological polar surface area (TPSA) is 73.7 Å². The molecule has 29 heavy (non-hydrogen) atoms. The maximum atomic E-state index is 12.9. The number of aliphatic hydroxyl groups is 1. The Morgan fingerprint density at radius 2 is 1.86 bits per heavy atom. The van der Waals surface area contributed by atoms with E-state index in [4.69, 9.17) is 11.6 Å². The second-order valence-electron chi connectivity index (χ2n) is 6.81. The lowest BCUT2D eigenvalue weighted by Crippen LogP contribution is -2.38. The third-order valence-electron chi connectivity index (χ3n) is 5.21. The van der Waals surface area contributed by atoms with E-state index in [1.54, 1.807) is 42.7 Å². The van der Waals surface area contributed by atoms with Gasteiger partial charge in [0, 0.05) is 36.1 Å². The number of nitrogens with zero attached hydrogens (tertiary/aromatic N) is 3. The molecule has 1 aliphatic rings. The molecule has 2 aromatic rings. The molecule has 2 heterocycles. The van der Waals surface area contributed by atoms with Crippen LogP contribution >= 0.6 is 11.6 Å². The van der Waals surface area contributed by atoms with Crippen molar-refractivity contribution in [3.05, 3.63) is 70.5 Å². The van der Waals surface area contributed by atoms with Crippen LogP contribution in [0.2, 0.25) is 5.02 Å². The Labute approximate surface area is 175 Å². The van der Waals surface area contributed by atoms with Gasteiger partial charge in [0.15, 0.2) is 0 Å². The minimum atomic E-state index is -0.689. The van der Waals surface area contributed by atoms with Gasteiger partial charge in [0.1, 0.15) is 5.76 Å². The van der Waals surface area contributed by atoms with E-state index < -0.39 is 17.7 Å². The predicted octanol–water partition coefficient (Wildman–Crippen LogP) is 3.50. The summed E-state index contributed by atoms with van der Waals surface area (Å²) >= 11 is 5.93. The number of aromatic nitrogens is 1. The second kappa shape index (κ2) is 9.20. The number of pyridine rings is 1. The summed E-state index contributed by atoms with van der Waals surface area (Å²) < 4.78 is 0. The van der Waals surface area contributed by atoms with Crippen molar-refractivity contribution in [2.75, 3.05) is 26.2 Å². The number of aliphatic hydroxyl groups excluding tert-OH is 1. The molecule has 1 aliphatic heterocycles. The number of benzene rings is 1. The van der Waals surface area contributed by atoms with Gasteiger partial charge in [-0.1, -0.05) is 31.5 Å². The zero-order valence-electron chi connectivity index (χ0n) is 16.5. The molecule has 152 valence electrons. The van der Waals surface area contributed by atoms with Gasteiger partial charge in [-0.15, -0.1) is 0 Å². The highest BCUT2D eigenvalue weighted by atomic mass is 35.5. The Balaban J connectivity index is 2.06. The SMILES string of the molecule is CCN(CC)CCN1C(=O)C(=O)/C(=C(/O)c2ccc(Cl)cc2)C1c1cccnc1. The highest BCUT2D eigenvalue weighted by Crippen LogP contribution is 2.39. The van der Waals surface area contributed by atoms with Crippen LogP contribution < -0.4 is 0 Å². The van der Waals surface area contributed by atoms with E-state index in [0.29, 0.717) is 29.2 Å². The molecule has 1 N–H and O–H groups in total. The summed E-state index contributed by atoms with van der Waals surface area (Å²) in [5, 5.41) is 11.4. The number of hydrogen-bond acceptors (Lipinski definition) is 5. The maximum Gasteiger partial charge on any atom is 0.295 e. The summed E-state index contributed by atoms with van der Waals surface area (Å²) in [6.45, 7) is 6.82. The molecule has 1 saturated heterocycles. The Morgan fingerprint density at radius 3 is 2.45 bits per heavy atom. The molecule has 0 spiro atoms. The minimum Gasteiger partial charge on any atom is -0.507 e. The predicted molar refractivity (Wildman–Crippen MR) is 112 cm³/mol. The Kier molecular flexibility index (Phi) is 6.67. The van der Waals surface area contributed by atoms with Gasteiger partial charge in [-0.2, -0.15) is 0 Å². The summed E-state index contributed by atoms with van der Waals surface area (Å²) in [4.78, 5) is 33.6. The van der Waals surface area contributed by atoms with E-state index in [2.05, 4.69) is 23.7 Å². The van der Waals surface area contributed by atoms with E-state index in [0.717, 1.165) is 13.1 Å². The van der Waals surface area contributed by atoms with E-state index in [-0.39, 0.29) is 11.3 Å². The molecule has 0 saturated carbocycles. The highest BCUT2D eigenvalue weighted by Gasteiger charge is 2.46. The summed E-state index contributed by atoms with van der Waals surface area (Å²) in [6, 6.07) is 9.39. The van der Waals surface area contributed by atoms with Gasteiger partial charge < -0.3 is 14.9 Å². The fraction of sp³-hybridized carbons (Fsp3) is 0.318. The number of likely N-dealkylation sites (tertiary alicyclic amines) is 1. The molecule has 0 aliphatic carbocycles. The number of ketones is 1. The zero-order chi connectivity index (χ0) is 21.0. The lowest BCUT2D eigenvalue weighted by molar-refractivity contribution is -0.140. The lowest BCUT2D eigenvalue weighted by Gasteiger charge is -2.28. The third-order valence-corrected chi connectivity index (χ3v) is 5.46. The van der Waals surface area contributed by atoms with Crippen LogP contribution in [0, 0.1) is 0 Å². The molecule has 6 nitrogen and oxygen atoms in total. The largest absolute Gasteiger partial charge is 0.507 e. The molecule has 3 rings (SSSR count). The van der Waals surface area contributed by atoms with Crippen LogP contribution in [-0.2, 0) is 9.59 Å². The number of carbonyl (C=O) groups excluding carboxylic acids is 2. The number of halogens is 1. The Bertz CT molecular complexity index is 909. The van der Waals surface area contributed by atoms with Crippen LogP contribution in [0.1, 0.15) is 31.0 Å². The van der Waals surface area contributed by atoms with Crippen LogP contribution in [0.3, 0.4) is 0 Å². The third kappa shape index (κ3) is 4.33. The van der Waals surface area contributed by atoms with Gasteiger partial charge in [0.05, 0.1) is 11.6 Å². The molecular formula is C22H24ClN3O3. The Hall–Kier alpha value is -2.70. The van der Waals surface area contributed by atoms with Crippen molar-refractivity contribution in [1.29, 1.82) is 0 Å². The first-order valence-corrected chi connectivity index (χ1v) is 10.0. The molecule has 1 unspecified atom stereocenters. The van der Waals surface area contributed by atoms with E-state index in [9.17, 15) is 14.7 Å². The number of Topliss-reactive ketones (excluding diaryl/α,β-unsaturated/α-hetero) is 1. The maximum absolute atomic E-state index is 12.9. The van der Waals surface area contributed by atoms with E-state index in [1.165, 1.54) is 4.90 Å². The Morgan fingerprint density at radius 1 is 1.17 bits per heavy atom. The van der Waals surface area contributed by atoms with Crippen molar-refractivity contribution in [2.24, 2.45) is 0 Å². The van der Waals surface area contributed by atoms with E-state index >= 15 is 0 Å². The van der Waals surface area contributed by atoms with Crippen molar-refractivity contribution in [3.8, 4) is 0 Å². The molecule has 0 radical (unpaired) electrons. The van der Waals surface area contributed by atoms with Gasteiger partial charge in [-0.05, 0) is 49.0 Å². The summed E-state index contributed by atoms with van der Waals surface area (Å²) in [5.74, 6) is -1.51. The number of amides is 1. The summed E-state index contributed by atoms with van der Waals surface area (Å²) in [6.07, 6.45) is 3.25. The number of hydrogen-bond donors (Lipinski definition) is 1. The molecule has 1 aromatic heterocycles. The first-order chi connectivity index (χ1) is 14.0. The zero-order valence-corrected chi connectivity index (χ0v) is 17.3. The molecule has 0 bridgehead atoms. The fourth-order valence-corrected chi connectivity index (χ4v) is 3.67. The first kappa shape index (κ1) is 21.0. The van der Waals surface area contributed by atoms with Crippen LogP contribution in [0.5, 0.6) is 0 Å². The molecule has 7 heteroatoms. The van der Waals surface area contributed by atoms with Crippen molar-refractivity contribution in [3.63, 3.8) is 0 Å². The molecule has 1 atom stereocenters. The number of rotatable bonds is 7. The van der Waals surface area contributed by atoms with Gasteiger partial charge in [0.25, 0.3) is 11.7 Å². The van der Waals surface area contributed by atoms with Crippen molar-refractivity contribution in [2.45, 2.75) is 19.9 Å². The van der Waals surface area contributed by atoms with Crippen molar-refractivity contribution in [1.82, 2.24) is 14.8 Å². The van der Waals surface area contributed by atoms with Crippen LogP contribution in [0.4, 0.5) is 0 Å². The number of carbonyl (C=O) groups is 2. The quantitative estimate of drug-likeness (QED) is 0.427. The first-order valence-electron chi connectivity index (χ1n) is 9.64. The molecule has 1 fully saturated rings. The van der Waals surface area contributed by atoms with Crippen LogP contribution in [0.25, 0.3) is 5.76 Å². The van der Waals surface area contributed by atoms with Crippen molar-refractivity contribution < 1.29 is 14.7 Å². The monoisotopic (exact) mass is 413 g/mol. The van der Waals surface area contributed by atoms with Gasteiger partial charge in [0.2, 0.25) is 0 Å². The molecule has 1 amide bonds. The van der Waals surface area contributed by atoms with E-state index in [1.807, 2.05) is 6.07 Å². The van der Waals surface area contributed by atoms with Crippen molar-refractivity contribution >= 4 is 29.1 Å². The lowest BCUT2D eigenvalue weighted by atomic mass is 9.96. The standard InChI is InChI=1S/C22H24ClN3O3/c1-3-25(4-2)12-13-26-19(16-6-5-11-24-14-16)18(21(28)22(26)29)20(27)15-7-9-17(23)10-8-15/h5-11,14,19,27H,3-4,12-13H2,1-2H3/b20-18+. The minimum absolute atomic E-state index is 0.0740. The number of likely N-dealkylation sites (N-methyl/N-ethyl adjacent to an activating group) is 1. The smallest absolute Gasteiger partial charge is 0.295 e. The summed E-state index contributed by atoms with van der Waals surface area (Å²) in [7, 11) is 0. The van der Waals surface area contributed by atoms with Gasteiger partial charge in [-0.25, -0.2) is 0 Å². The summed E-state index contributed by atoms with van der Waals surface area (Å²) in [5.41, 5.74) is 1.19. The molecule has 1 aromatic carbocycles. The average molecular weight is 414 g/mol. The fourth-order valence-electron chi connectivity index (χ4n) is 3.55. The van der Waals surface area contributed by atoms with Crippen LogP contribution in [-0.4, -0.2) is 57.8 Å². The molecular weight excluding hydrogens is 390 g/mol. The second-order valence-corrected chi connectivity index (χ2v) is 7.25. The highest BCUT2D eigenvalue weighted by molar-refractivity contribution is 6.46. The van der Waals surface area contributed by atoms with Gasteiger partial charge in [-0.3, -0.25) is 14.6 Å².